The van der Waals surface area contributed by atoms with Crippen LogP contribution in [0.15, 0.2) is 95.2 Å². The molecule has 1 aliphatic heterocycles. The topological polar surface area (TPSA) is 35.5 Å². The summed E-state index contributed by atoms with van der Waals surface area (Å²) in [4.78, 5) is 11.4. The lowest BCUT2D eigenvalue weighted by Crippen LogP contribution is -2.66. The van der Waals surface area contributed by atoms with Crippen molar-refractivity contribution in [2.45, 2.75) is 25.8 Å². The Balaban J connectivity index is 1.89. The molecule has 3 rings (SSSR count). The number of carbonyl (C=O) groups excluding carboxylic acids is 1. The molecule has 0 amide bonds. The van der Waals surface area contributed by atoms with Crippen molar-refractivity contribution in [3.63, 3.8) is 0 Å². The van der Waals surface area contributed by atoms with Gasteiger partial charge in [0, 0.05) is 6.08 Å². The lowest BCUT2D eigenvalue weighted by Gasteiger charge is -2.42. The van der Waals surface area contributed by atoms with Gasteiger partial charge < -0.3 is 9.16 Å². The highest BCUT2D eigenvalue weighted by Gasteiger charge is 2.49. The Morgan fingerprint density at radius 3 is 2.00 bits per heavy atom. The van der Waals surface area contributed by atoms with Gasteiger partial charge in [-0.25, -0.2) is 4.79 Å². The van der Waals surface area contributed by atoms with Crippen LogP contribution in [-0.4, -0.2) is 20.9 Å². The highest BCUT2D eigenvalue weighted by Crippen LogP contribution is 2.36. The third-order valence-corrected chi connectivity index (χ3v) is 10.4. The largest absolute Gasteiger partial charge is 0.423 e. The minimum absolute atomic E-state index is 0.0589. The van der Waals surface area contributed by atoms with Crippen molar-refractivity contribution < 1.29 is 14.0 Å². The molecule has 5 heteroatoms. The first kappa shape index (κ1) is 21.5. The number of benzene rings is 2. The van der Waals surface area contributed by atoms with Crippen molar-refractivity contribution in [1.82, 2.24) is 0 Å². The molecule has 0 bridgehead atoms. The minimum Gasteiger partial charge on any atom is -0.423 e. The van der Waals surface area contributed by atoms with Gasteiger partial charge in [-0.1, -0.05) is 93.6 Å². The fourth-order valence-electron chi connectivity index (χ4n) is 3.60. The molecule has 2 aromatic rings. The maximum atomic E-state index is 11.4. The SMILES string of the molecule is CC(C)(C)[Si](OC/C=C\C=C1\C=C(Br)C(=O)O1)(c1ccccc1)c1ccccc1. The molecule has 1 aliphatic rings. The van der Waals surface area contributed by atoms with E-state index in [4.69, 9.17) is 9.16 Å². The molecule has 1 heterocycles. The molecule has 0 aliphatic carbocycles. The minimum atomic E-state index is -2.53. The van der Waals surface area contributed by atoms with Gasteiger partial charge in [0.1, 0.15) is 10.2 Å². The first-order valence-corrected chi connectivity index (χ1v) is 12.3. The van der Waals surface area contributed by atoms with Crippen molar-refractivity contribution in [1.29, 1.82) is 0 Å². The van der Waals surface area contributed by atoms with Gasteiger partial charge in [0.05, 0.1) is 6.61 Å². The van der Waals surface area contributed by atoms with E-state index in [1.54, 1.807) is 12.2 Å². The van der Waals surface area contributed by atoms with E-state index in [0.29, 0.717) is 16.8 Å². The second kappa shape index (κ2) is 9.07. The third-order valence-electron chi connectivity index (χ3n) is 4.88. The molecule has 29 heavy (non-hydrogen) atoms. The van der Waals surface area contributed by atoms with Gasteiger partial charge in [-0.3, -0.25) is 0 Å². The number of allylic oxidation sites excluding steroid dienone is 3. The number of halogens is 1. The second-order valence-corrected chi connectivity index (χ2v) is 13.0. The zero-order valence-corrected chi connectivity index (χ0v) is 19.5. The van der Waals surface area contributed by atoms with E-state index < -0.39 is 8.32 Å². The van der Waals surface area contributed by atoms with Crippen LogP contribution in [-0.2, 0) is 14.0 Å². The van der Waals surface area contributed by atoms with Crippen LogP contribution in [0.3, 0.4) is 0 Å². The van der Waals surface area contributed by atoms with Crippen LogP contribution in [0, 0.1) is 0 Å². The van der Waals surface area contributed by atoms with E-state index in [9.17, 15) is 4.79 Å². The Hall–Kier alpha value is -2.21. The number of cyclic esters (lactones) is 1. The fourth-order valence-corrected chi connectivity index (χ4v) is 8.41. The Labute approximate surface area is 182 Å². The number of esters is 1. The van der Waals surface area contributed by atoms with E-state index in [2.05, 4.69) is 85.2 Å². The van der Waals surface area contributed by atoms with Crippen molar-refractivity contribution in [2.75, 3.05) is 6.61 Å². The fraction of sp³-hybridized carbons (Fsp3) is 0.208. The van der Waals surface area contributed by atoms with Crippen LogP contribution in [0.4, 0.5) is 0 Å². The molecule has 0 saturated heterocycles. The maximum absolute atomic E-state index is 11.4. The molecule has 150 valence electrons. The average molecular weight is 469 g/mol. The molecule has 0 aromatic heterocycles. The maximum Gasteiger partial charge on any atom is 0.350 e. The molecular formula is C24H25BrO3Si. The number of carbonyl (C=O) groups is 1. The van der Waals surface area contributed by atoms with Gasteiger partial charge >= 0.3 is 5.97 Å². The molecule has 0 saturated carbocycles. The van der Waals surface area contributed by atoms with Gasteiger partial charge in [0.15, 0.2) is 0 Å². The van der Waals surface area contributed by atoms with E-state index in [-0.39, 0.29) is 11.0 Å². The van der Waals surface area contributed by atoms with Gasteiger partial charge in [0.25, 0.3) is 8.32 Å². The van der Waals surface area contributed by atoms with Gasteiger partial charge in [-0.15, -0.1) is 0 Å². The number of rotatable bonds is 6. The van der Waals surface area contributed by atoms with E-state index >= 15 is 0 Å². The normalized spacial score (nSPS) is 16.3. The molecule has 3 nitrogen and oxygen atoms in total. The third kappa shape index (κ3) is 4.69. The molecule has 2 aromatic carbocycles. The van der Waals surface area contributed by atoms with Crippen LogP contribution in [0.1, 0.15) is 20.8 Å². The molecule has 0 radical (unpaired) electrons. The molecule has 0 atom stereocenters. The van der Waals surface area contributed by atoms with Crippen LogP contribution in [0.5, 0.6) is 0 Å². The predicted molar refractivity (Wildman–Crippen MR) is 124 cm³/mol. The van der Waals surface area contributed by atoms with Crippen molar-refractivity contribution in [2.24, 2.45) is 0 Å². The van der Waals surface area contributed by atoms with E-state index in [1.165, 1.54) is 10.4 Å². The van der Waals surface area contributed by atoms with Crippen molar-refractivity contribution in [3.05, 3.63) is 95.2 Å². The zero-order chi connectivity index (χ0) is 20.9. The zero-order valence-electron chi connectivity index (χ0n) is 16.9. The van der Waals surface area contributed by atoms with E-state index in [0.717, 1.165) is 0 Å². The molecule has 0 fully saturated rings. The number of ether oxygens (including phenoxy) is 1. The lowest BCUT2D eigenvalue weighted by atomic mass is 10.2. The van der Waals surface area contributed by atoms with Crippen molar-refractivity contribution in [3.8, 4) is 0 Å². The Bertz CT molecular complexity index is 902. The molecular weight excluding hydrogens is 444 g/mol. The number of hydrogen-bond acceptors (Lipinski definition) is 3. The quantitative estimate of drug-likeness (QED) is 0.449. The molecule has 0 N–H and O–H groups in total. The Morgan fingerprint density at radius 2 is 1.55 bits per heavy atom. The summed E-state index contributed by atoms with van der Waals surface area (Å²) < 4.78 is 12.3. The van der Waals surface area contributed by atoms with Crippen LogP contribution >= 0.6 is 15.9 Å². The summed E-state index contributed by atoms with van der Waals surface area (Å²) in [6.45, 7) is 7.23. The van der Waals surface area contributed by atoms with Gasteiger partial charge in [0.2, 0.25) is 0 Å². The number of hydrogen-bond donors (Lipinski definition) is 0. The summed E-state index contributed by atoms with van der Waals surface area (Å²) in [5, 5.41) is 2.44. The van der Waals surface area contributed by atoms with Crippen LogP contribution in [0.25, 0.3) is 0 Å². The predicted octanol–water partition coefficient (Wildman–Crippen LogP) is 4.84. The van der Waals surface area contributed by atoms with Crippen LogP contribution in [0.2, 0.25) is 5.04 Å². The summed E-state index contributed by atoms with van der Waals surface area (Å²) in [6, 6.07) is 21.1. The summed E-state index contributed by atoms with van der Waals surface area (Å²) in [7, 11) is -2.53. The Morgan fingerprint density at radius 1 is 1.00 bits per heavy atom. The van der Waals surface area contributed by atoms with Gasteiger partial charge in [-0.2, -0.15) is 0 Å². The monoisotopic (exact) mass is 468 g/mol. The van der Waals surface area contributed by atoms with E-state index in [1.807, 2.05) is 24.3 Å². The smallest absolute Gasteiger partial charge is 0.350 e. The molecule has 0 spiro atoms. The second-order valence-electron chi connectivity index (χ2n) is 7.85. The Kier molecular flexibility index (Phi) is 6.73. The lowest BCUT2D eigenvalue weighted by molar-refractivity contribution is -0.132. The molecule has 0 unspecified atom stereocenters. The standard InChI is InChI=1S/C24H25BrO3Si/c1-24(2,3)29(20-13-6-4-7-14-20,21-15-8-5-9-16-21)27-17-11-10-12-19-18-22(25)23(26)28-19/h4-16,18H,17H2,1-3H3/b11-10-,19-12-. The summed E-state index contributed by atoms with van der Waals surface area (Å²) in [5.74, 6) is 0.150. The first-order chi connectivity index (χ1) is 13.8. The highest BCUT2D eigenvalue weighted by molar-refractivity contribution is 9.12. The average Bonchev–Trinajstić information content (AvgIpc) is 3.02. The summed E-state index contributed by atoms with van der Waals surface area (Å²) in [6.07, 6.45) is 7.25. The van der Waals surface area contributed by atoms with Gasteiger partial charge in [-0.05, 0) is 37.4 Å². The van der Waals surface area contributed by atoms with Crippen molar-refractivity contribution >= 4 is 40.6 Å². The van der Waals surface area contributed by atoms with Crippen LogP contribution < -0.4 is 10.4 Å². The highest BCUT2D eigenvalue weighted by atomic mass is 79.9. The summed E-state index contributed by atoms with van der Waals surface area (Å²) >= 11 is 3.17. The summed E-state index contributed by atoms with van der Waals surface area (Å²) in [5.41, 5.74) is 0. The first-order valence-electron chi connectivity index (χ1n) is 9.56.